The Morgan fingerprint density at radius 2 is 1.97 bits per heavy atom. The molecule has 0 aliphatic carbocycles. The summed E-state index contributed by atoms with van der Waals surface area (Å²) in [6.07, 6.45) is 0. The predicted molar refractivity (Wildman–Crippen MR) is 105 cm³/mol. The fourth-order valence-electron chi connectivity index (χ4n) is 3.09. The molecule has 0 atom stereocenters. The van der Waals surface area contributed by atoms with Gasteiger partial charge in [-0.15, -0.1) is 0 Å². The molecule has 1 aliphatic rings. The van der Waals surface area contributed by atoms with E-state index >= 15 is 0 Å². The van der Waals surface area contributed by atoms with Gasteiger partial charge in [0.2, 0.25) is 0 Å². The smallest absolute Gasteiger partial charge is 0.387 e. The Labute approximate surface area is 170 Å². The molecule has 8 nitrogen and oxygen atoms in total. The van der Waals surface area contributed by atoms with Crippen LogP contribution in [0.3, 0.4) is 0 Å². The van der Waals surface area contributed by atoms with Crippen molar-refractivity contribution in [1.29, 1.82) is 0 Å². The van der Waals surface area contributed by atoms with Gasteiger partial charge in [-0.3, -0.25) is 4.79 Å². The number of hydrogen-bond donors (Lipinski definition) is 1. The van der Waals surface area contributed by atoms with Crippen molar-refractivity contribution in [3.05, 3.63) is 42.0 Å². The van der Waals surface area contributed by atoms with Crippen molar-refractivity contribution < 1.29 is 32.2 Å². The standard InChI is InChI=1S/C20H19F2N3O5/c1-27-17-10-12(2-4-16(17)29-19(21)22)18(26)23-13-3-5-15-14(11-13)24-20(30-15)25-6-8-28-9-7-25/h2-5,10-11,19H,6-9H2,1H3,(H,23,26). The van der Waals surface area contributed by atoms with Gasteiger partial charge in [-0.2, -0.15) is 13.8 Å². The Bertz CT molecular complexity index is 1050. The minimum atomic E-state index is -2.99. The largest absolute Gasteiger partial charge is 0.493 e. The summed E-state index contributed by atoms with van der Waals surface area (Å²) < 4.78 is 45.4. The van der Waals surface area contributed by atoms with E-state index in [1.807, 2.05) is 4.90 Å². The zero-order chi connectivity index (χ0) is 21.1. The lowest BCUT2D eigenvalue weighted by Crippen LogP contribution is -2.36. The van der Waals surface area contributed by atoms with E-state index in [0.717, 1.165) is 0 Å². The number of benzene rings is 2. The molecule has 0 bridgehead atoms. The van der Waals surface area contributed by atoms with Gasteiger partial charge in [0, 0.05) is 24.3 Å². The summed E-state index contributed by atoms with van der Waals surface area (Å²) in [6.45, 7) is -0.363. The van der Waals surface area contributed by atoms with Crippen LogP contribution in [0.1, 0.15) is 10.4 Å². The zero-order valence-corrected chi connectivity index (χ0v) is 16.1. The SMILES string of the molecule is COc1cc(C(=O)Nc2ccc3oc(N4CCOCC4)nc3c2)ccc1OC(F)F. The molecule has 2 heterocycles. The first kappa shape index (κ1) is 19.9. The molecule has 1 fully saturated rings. The van der Waals surface area contributed by atoms with Crippen LogP contribution in [-0.2, 0) is 4.74 Å². The van der Waals surface area contributed by atoms with Crippen molar-refractivity contribution in [2.75, 3.05) is 43.6 Å². The van der Waals surface area contributed by atoms with Crippen molar-refractivity contribution in [3.8, 4) is 11.5 Å². The van der Waals surface area contributed by atoms with Crippen molar-refractivity contribution in [2.45, 2.75) is 6.61 Å². The highest BCUT2D eigenvalue weighted by atomic mass is 19.3. The molecule has 1 aliphatic heterocycles. The molecule has 0 spiro atoms. The van der Waals surface area contributed by atoms with E-state index in [1.54, 1.807) is 18.2 Å². The van der Waals surface area contributed by atoms with Gasteiger partial charge < -0.3 is 28.8 Å². The molecule has 1 aromatic heterocycles. The summed E-state index contributed by atoms with van der Waals surface area (Å²) in [5, 5.41) is 2.75. The first-order valence-corrected chi connectivity index (χ1v) is 9.21. The molecule has 1 N–H and O–H groups in total. The van der Waals surface area contributed by atoms with Gasteiger partial charge in [0.15, 0.2) is 17.1 Å². The number of rotatable bonds is 6. The Morgan fingerprint density at radius 3 is 2.70 bits per heavy atom. The summed E-state index contributed by atoms with van der Waals surface area (Å²) in [5.74, 6) is -0.554. The first-order valence-electron chi connectivity index (χ1n) is 9.21. The Balaban J connectivity index is 1.51. The average Bonchev–Trinajstić information content (AvgIpc) is 3.17. The summed E-state index contributed by atoms with van der Waals surface area (Å²) >= 11 is 0. The van der Waals surface area contributed by atoms with Crippen LogP contribution in [0.5, 0.6) is 11.5 Å². The first-order chi connectivity index (χ1) is 14.5. The van der Waals surface area contributed by atoms with E-state index in [9.17, 15) is 13.6 Å². The molecule has 2 aromatic carbocycles. The number of morpholine rings is 1. The normalized spacial score (nSPS) is 14.2. The van der Waals surface area contributed by atoms with Crippen LogP contribution in [-0.4, -0.2) is 50.9 Å². The lowest BCUT2D eigenvalue weighted by Gasteiger charge is -2.24. The number of anilines is 2. The molecule has 10 heteroatoms. The van der Waals surface area contributed by atoms with E-state index in [-0.39, 0.29) is 17.1 Å². The summed E-state index contributed by atoms with van der Waals surface area (Å²) in [4.78, 5) is 19.1. The van der Waals surface area contributed by atoms with Crippen LogP contribution in [0.25, 0.3) is 11.1 Å². The second-order valence-corrected chi connectivity index (χ2v) is 6.48. The summed E-state index contributed by atoms with van der Waals surface area (Å²) in [5.41, 5.74) is 1.95. The van der Waals surface area contributed by atoms with E-state index < -0.39 is 12.5 Å². The average molecular weight is 419 g/mol. The number of oxazole rings is 1. The van der Waals surface area contributed by atoms with Crippen molar-refractivity contribution in [1.82, 2.24) is 4.98 Å². The number of nitrogens with zero attached hydrogens (tertiary/aromatic N) is 2. The number of ether oxygens (including phenoxy) is 3. The molecule has 1 amide bonds. The number of aromatic nitrogens is 1. The topological polar surface area (TPSA) is 86.1 Å². The molecule has 30 heavy (non-hydrogen) atoms. The third-order valence-corrected chi connectivity index (χ3v) is 4.56. The predicted octanol–water partition coefficient (Wildman–Crippen LogP) is 3.53. The molecule has 4 rings (SSSR count). The van der Waals surface area contributed by atoms with Crippen molar-refractivity contribution >= 4 is 28.7 Å². The molecular weight excluding hydrogens is 400 g/mol. The minimum Gasteiger partial charge on any atom is -0.493 e. The number of alkyl halides is 2. The number of halogens is 2. The monoisotopic (exact) mass is 419 g/mol. The number of amides is 1. The van der Waals surface area contributed by atoms with Gasteiger partial charge in [-0.25, -0.2) is 0 Å². The van der Waals surface area contributed by atoms with Crippen LogP contribution >= 0.6 is 0 Å². The Kier molecular flexibility index (Phi) is 5.66. The van der Waals surface area contributed by atoms with Crippen LogP contribution in [0, 0.1) is 0 Å². The van der Waals surface area contributed by atoms with Crippen LogP contribution in [0.4, 0.5) is 20.5 Å². The lowest BCUT2D eigenvalue weighted by molar-refractivity contribution is -0.0512. The maximum Gasteiger partial charge on any atom is 0.387 e. The number of methoxy groups -OCH3 is 1. The fraction of sp³-hybridized carbons (Fsp3) is 0.300. The highest BCUT2D eigenvalue weighted by molar-refractivity contribution is 6.05. The molecule has 3 aromatic rings. The maximum atomic E-state index is 12.6. The molecule has 0 radical (unpaired) electrons. The van der Waals surface area contributed by atoms with Gasteiger partial charge in [0.1, 0.15) is 5.52 Å². The fourth-order valence-corrected chi connectivity index (χ4v) is 3.09. The minimum absolute atomic E-state index is 0.0325. The summed E-state index contributed by atoms with van der Waals surface area (Å²) in [7, 11) is 1.31. The van der Waals surface area contributed by atoms with E-state index in [2.05, 4.69) is 15.0 Å². The number of hydrogen-bond acceptors (Lipinski definition) is 7. The Hall–Kier alpha value is -3.40. The highest BCUT2D eigenvalue weighted by Crippen LogP contribution is 2.30. The van der Waals surface area contributed by atoms with E-state index in [0.29, 0.717) is 49.1 Å². The zero-order valence-electron chi connectivity index (χ0n) is 16.1. The summed E-state index contributed by atoms with van der Waals surface area (Å²) in [6, 6.07) is 9.60. The Morgan fingerprint density at radius 1 is 1.17 bits per heavy atom. The number of carbonyl (C=O) groups excluding carboxylic acids is 1. The van der Waals surface area contributed by atoms with Gasteiger partial charge in [-0.1, -0.05) is 0 Å². The number of fused-ring (bicyclic) bond motifs is 1. The third kappa shape index (κ3) is 4.28. The van der Waals surface area contributed by atoms with E-state index in [1.165, 1.54) is 25.3 Å². The highest BCUT2D eigenvalue weighted by Gasteiger charge is 2.18. The third-order valence-electron chi connectivity index (χ3n) is 4.56. The van der Waals surface area contributed by atoms with Crippen LogP contribution in [0.15, 0.2) is 40.8 Å². The second-order valence-electron chi connectivity index (χ2n) is 6.48. The van der Waals surface area contributed by atoms with Gasteiger partial charge in [-0.05, 0) is 36.4 Å². The number of carbonyl (C=O) groups is 1. The molecule has 158 valence electrons. The van der Waals surface area contributed by atoms with Crippen molar-refractivity contribution in [3.63, 3.8) is 0 Å². The quantitative estimate of drug-likeness (QED) is 0.654. The molecule has 0 saturated carbocycles. The van der Waals surface area contributed by atoms with Gasteiger partial charge in [0.05, 0.1) is 20.3 Å². The van der Waals surface area contributed by atoms with Gasteiger partial charge >= 0.3 is 6.61 Å². The van der Waals surface area contributed by atoms with Crippen molar-refractivity contribution in [2.24, 2.45) is 0 Å². The molecular formula is C20H19F2N3O5. The van der Waals surface area contributed by atoms with Gasteiger partial charge in [0.25, 0.3) is 11.9 Å². The lowest BCUT2D eigenvalue weighted by atomic mass is 10.1. The molecule has 0 unspecified atom stereocenters. The van der Waals surface area contributed by atoms with Crippen LogP contribution < -0.4 is 19.7 Å². The number of nitrogens with one attached hydrogen (secondary N) is 1. The maximum absolute atomic E-state index is 12.6. The van der Waals surface area contributed by atoms with Crippen LogP contribution in [0.2, 0.25) is 0 Å². The molecule has 1 saturated heterocycles. The van der Waals surface area contributed by atoms with E-state index in [4.69, 9.17) is 13.9 Å². The second kappa shape index (κ2) is 8.54.